The Morgan fingerprint density at radius 1 is 0.971 bits per heavy atom. The van der Waals surface area contributed by atoms with Crippen LogP contribution in [0.1, 0.15) is 19.4 Å². The van der Waals surface area contributed by atoms with E-state index in [1.165, 1.54) is 0 Å². The molecule has 0 saturated carbocycles. The number of halogens is 1. The van der Waals surface area contributed by atoms with Gasteiger partial charge in [0.05, 0.1) is 10.4 Å². The second kappa shape index (κ2) is 9.18. The van der Waals surface area contributed by atoms with Crippen molar-refractivity contribution in [2.75, 3.05) is 5.32 Å². The van der Waals surface area contributed by atoms with Crippen molar-refractivity contribution < 1.29 is 8.42 Å². The zero-order valence-corrected chi connectivity index (χ0v) is 21.3. The number of nitrogens with zero attached hydrogens (tertiary/aromatic N) is 2. The molecular formula is C26H23BrN4O2S. The van der Waals surface area contributed by atoms with Crippen molar-refractivity contribution in [3.8, 4) is 23.6 Å². The maximum Gasteiger partial charge on any atom is 0.242 e. The van der Waals surface area contributed by atoms with Crippen LogP contribution in [0.3, 0.4) is 0 Å². The zero-order valence-electron chi connectivity index (χ0n) is 18.9. The average molecular weight is 535 g/mol. The number of hydrogen-bond acceptors (Lipinski definition) is 5. The van der Waals surface area contributed by atoms with Crippen LogP contribution >= 0.6 is 15.9 Å². The fourth-order valence-electron chi connectivity index (χ4n) is 3.54. The van der Waals surface area contributed by atoms with Gasteiger partial charge in [-0.15, -0.1) is 16.6 Å². The largest absolute Gasteiger partial charge is 0.338 e. The summed E-state index contributed by atoms with van der Waals surface area (Å²) in [5.74, 6) is 3.07. The lowest BCUT2D eigenvalue weighted by Gasteiger charge is -2.20. The molecule has 0 unspecified atom stereocenters. The molecule has 6 nitrogen and oxygen atoms in total. The van der Waals surface area contributed by atoms with Crippen molar-refractivity contribution in [3.63, 3.8) is 0 Å². The molecule has 0 atom stereocenters. The lowest BCUT2D eigenvalue weighted by Crippen LogP contribution is -2.42. The molecule has 0 aliphatic heterocycles. The number of hydrogen-bond donors (Lipinski definition) is 2. The molecular weight excluding hydrogens is 512 g/mol. The summed E-state index contributed by atoms with van der Waals surface area (Å²) in [5, 5.41) is 13.9. The van der Waals surface area contributed by atoms with Crippen LogP contribution in [0.25, 0.3) is 22.0 Å². The molecule has 0 saturated heterocycles. The van der Waals surface area contributed by atoms with Crippen LogP contribution in [0.5, 0.6) is 0 Å². The van der Waals surface area contributed by atoms with Gasteiger partial charge in [-0.25, -0.2) is 8.42 Å². The van der Waals surface area contributed by atoms with Crippen molar-refractivity contribution in [2.45, 2.75) is 31.2 Å². The Morgan fingerprint density at radius 3 is 2.32 bits per heavy atom. The lowest BCUT2D eigenvalue weighted by molar-refractivity contribution is 0.538. The van der Waals surface area contributed by atoms with Gasteiger partial charge in [0.25, 0.3) is 0 Å². The van der Waals surface area contributed by atoms with Crippen molar-refractivity contribution in [1.82, 2.24) is 14.9 Å². The van der Waals surface area contributed by atoms with Gasteiger partial charge in [0.2, 0.25) is 10.0 Å². The summed E-state index contributed by atoms with van der Waals surface area (Å²) in [7, 11) is -3.85. The Hall–Kier alpha value is -3.25. The van der Waals surface area contributed by atoms with E-state index in [0.717, 1.165) is 20.9 Å². The van der Waals surface area contributed by atoms with Gasteiger partial charge in [-0.3, -0.25) is 0 Å². The van der Waals surface area contributed by atoms with Crippen LogP contribution in [0.2, 0.25) is 0 Å². The number of aryl methyl sites for hydroxylation is 1. The third-order valence-corrected chi connectivity index (χ3v) is 7.62. The van der Waals surface area contributed by atoms with E-state index in [-0.39, 0.29) is 4.90 Å². The van der Waals surface area contributed by atoms with Crippen LogP contribution in [0.4, 0.5) is 11.5 Å². The van der Waals surface area contributed by atoms with Crippen molar-refractivity contribution in [2.24, 2.45) is 0 Å². The summed E-state index contributed by atoms with van der Waals surface area (Å²) < 4.78 is 29.8. The normalized spacial score (nSPS) is 11.9. The van der Waals surface area contributed by atoms with Crippen molar-refractivity contribution in [1.29, 1.82) is 0 Å². The summed E-state index contributed by atoms with van der Waals surface area (Å²) in [4.78, 5) is 0.149. The molecule has 172 valence electrons. The maximum absolute atomic E-state index is 13.1. The Morgan fingerprint density at radius 2 is 1.65 bits per heavy atom. The predicted octanol–water partition coefficient (Wildman–Crippen LogP) is 5.80. The molecule has 0 spiro atoms. The van der Waals surface area contributed by atoms with Crippen LogP contribution in [0, 0.1) is 19.3 Å². The second-order valence-corrected chi connectivity index (χ2v) is 11.0. The molecule has 0 amide bonds. The maximum atomic E-state index is 13.1. The van der Waals surface area contributed by atoms with Crippen LogP contribution < -0.4 is 10.0 Å². The summed E-state index contributed by atoms with van der Waals surface area (Å²) in [6.45, 7) is 5.02. The standard InChI is InChI=1S/C26H23BrN4O2S/c1-5-26(3,4)31-34(32,33)23-16-18(11-10-17(23)2)24-21-8-6-7-9-22(21)25(30-29-24)28-20-14-12-19(27)13-15-20/h1,6-16,31H,2-4H3,(H,28,30). The number of rotatable bonds is 6. The van der Waals surface area contributed by atoms with Gasteiger partial charge in [-0.1, -0.05) is 58.2 Å². The highest BCUT2D eigenvalue weighted by molar-refractivity contribution is 9.10. The Balaban J connectivity index is 1.80. The minimum absolute atomic E-state index is 0.149. The fraction of sp³-hybridized carbons (Fsp3) is 0.154. The lowest BCUT2D eigenvalue weighted by atomic mass is 10.0. The number of terminal acetylenes is 1. The monoisotopic (exact) mass is 534 g/mol. The van der Waals surface area contributed by atoms with Gasteiger partial charge in [-0.05, 0) is 56.7 Å². The highest BCUT2D eigenvalue weighted by Crippen LogP contribution is 2.33. The van der Waals surface area contributed by atoms with Gasteiger partial charge in [0, 0.05) is 26.5 Å². The smallest absolute Gasteiger partial charge is 0.242 e. The summed E-state index contributed by atoms with van der Waals surface area (Å²) in [6, 6.07) is 20.7. The minimum atomic E-state index is -3.85. The third-order valence-electron chi connectivity index (χ3n) is 5.30. The minimum Gasteiger partial charge on any atom is -0.338 e. The van der Waals surface area contributed by atoms with E-state index in [1.54, 1.807) is 32.9 Å². The molecule has 4 rings (SSSR count). The summed E-state index contributed by atoms with van der Waals surface area (Å²) in [6.07, 6.45) is 5.49. The summed E-state index contributed by atoms with van der Waals surface area (Å²) in [5.41, 5.74) is 1.69. The first kappa shape index (κ1) is 23.9. The molecule has 0 bridgehead atoms. The van der Waals surface area contributed by atoms with Gasteiger partial charge < -0.3 is 5.32 Å². The highest BCUT2D eigenvalue weighted by atomic mass is 79.9. The molecule has 0 aliphatic carbocycles. The van der Waals surface area contributed by atoms with E-state index in [2.05, 4.69) is 42.1 Å². The van der Waals surface area contributed by atoms with Gasteiger partial charge >= 0.3 is 0 Å². The molecule has 1 aromatic heterocycles. The number of anilines is 2. The van der Waals surface area contributed by atoms with E-state index in [1.807, 2.05) is 54.6 Å². The third kappa shape index (κ3) is 4.97. The van der Waals surface area contributed by atoms with Crippen molar-refractivity contribution >= 4 is 48.2 Å². The van der Waals surface area contributed by atoms with Crippen LogP contribution in [-0.4, -0.2) is 24.2 Å². The molecule has 4 aromatic rings. The van der Waals surface area contributed by atoms with E-state index in [4.69, 9.17) is 6.42 Å². The van der Waals surface area contributed by atoms with Crippen LogP contribution in [0.15, 0.2) is 76.1 Å². The van der Waals surface area contributed by atoms with Gasteiger partial charge in [0.1, 0.15) is 5.69 Å². The number of benzene rings is 3. The molecule has 2 N–H and O–H groups in total. The first-order valence-electron chi connectivity index (χ1n) is 10.5. The predicted molar refractivity (Wildman–Crippen MR) is 140 cm³/mol. The first-order chi connectivity index (χ1) is 16.1. The van der Waals surface area contributed by atoms with Crippen molar-refractivity contribution in [3.05, 3.63) is 76.8 Å². The SMILES string of the molecule is C#CC(C)(C)NS(=O)(=O)c1cc(-c2nnc(Nc3ccc(Br)cc3)c3ccccc23)ccc1C. The number of aromatic nitrogens is 2. The van der Waals surface area contributed by atoms with Gasteiger partial charge in [0.15, 0.2) is 5.82 Å². The first-order valence-corrected chi connectivity index (χ1v) is 12.8. The fourth-order valence-corrected chi connectivity index (χ4v) is 5.42. The Labute approximate surface area is 208 Å². The van der Waals surface area contributed by atoms with E-state index >= 15 is 0 Å². The van der Waals surface area contributed by atoms with E-state index < -0.39 is 15.6 Å². The zero-order chi connectivity index (χ0) is 24.5. The van der Waals surface area contributed by atoms with E-state index in [0.29, 0.717) is 22.6 Å². The van der Waals surface area contributed by atoms with Crippen LogP contribution in [-0.2, 0) is 10.0 Å². The van der Waals surface area contributed by atoms with Gasteiger partial charge in [-0.2, -0.15) is 4.72 Å². The molecule has 0 aliphatic rings. The average Bonchev–Trinajstić information content (AvgIpc) is 2.80. The molecule has 0 radical (unpaired) electrons. The quantitative estimate of drug-likeness (QED) is 0.305. The summed E-state index contributed by atoms with van der Waals surface area (Å²) >= 11 is 3.44. The Kier molecular flexibility index (Phi) is 6.45. The second-order valence-electron chi connectivity index (χ2n) is 8.43. The molecule has 3 aromatic carbocycles. The Bertz CT molecular complexity index is 1530. The number of sulfonamides is 1. The van der Waals surface area contributed by atoms with E-state index in [9.17, 15) is 8.42 Å². The highest BCUT2D eigenvalue weighted by Gasteiger charge is 2.26. The molecule has 1 heterocycles. The topological polar surface area (TPSA) is 84.0 Å². The molecule has 34 heavy (non-hydrogen) atoms. The number of fused-ring (bicyclic) bond motifs is 1. The number of nitrogens with one attached hydrogen (secondary N) is 2. The molecule has 0 fully saturated rings. The molecule has 8 heteroatoms.